The Bertz CT molecular complexity index is 357. The van der Waals surface area contributed by atoms with E-state index in [1.54, 1.807) is 0 Å². The minimum Gasteiger partial charge on any atom is -0.377 e. The Kier molecular flexibility index (Phi) is 5.56. The maximum absolute atomic E-state index is 5.96. The Morgan fingerprint density at radius 1 is 1.35 bits per heavy atom. The van der Waals surface area contributed by atoms with Gasteiger partial charge in [-0.3, -0.25) is 4.99 Å². The molecule has 0 aromatic heterocycles. The van der Waals surface area contributed by atoms with Gasteiger partial charge in [0.1, 0.15) is 0 Å². The molecule has 5 heteroatoms. The SMILES string of the molecule is CCCN=C(NCC)NC1C2CCOC2C12CCC2.I. The fourth-order valence-corrected chi connectivity index (χ4v) is 4.15. The van der Waals surface area contributed by atoms with Crippen molar-refractivity contribution in [2.24, 2.45) is 16.3 Å². The van der Waals surface area contributed by atoms with E-state index in [4.69, 9.17) is 4.74 Å². The van der Waals surface area contributed by atoms with E-state index in [9.17, 15) is 0 Å². The number of fused-ring (bicyclic) bond motifs is 2. The molecule has 3 unspecified atom stereocenters. The molecule has 0 aromatic carbocycles. The van der Waals surface area contributed by atoms with Crippen molar-refractivity contribution in [3.63, 3.8) is 0 Å². The van der Waals surface area contributed by atoms with Crippen molar-refractivity contribution in [3.05, 3.63) is 0 Å². The van der Waals surface area contributed by atoms with Gasteiger partial charge in [-0.2, -0.15) is 0 Å². The summed E-state index contributed by atoms with van der Waals surface area (Å²) >= 11 is 0. The van der Waals surface area contributed by atoms with Crippen LogP contribution in [0.4, 0.5) is 0 Å². The molecule has 0 aromatic rings. The fraction of sp³-hybridized carbons (Fsp3) is 0.933. The zero-order valence-corrected chi connectivity index (χ0v) is 15.0. The van der Waals surface area contributed by atoms with Crippen LogP contribution in [-0.4, -0.2) is 37.8 Å². The summed E-state index contributed by atoms with van der Waals surface area (Å²) in [6.07, 6.45) is 6.89. The average molecular weight is 393 g/mol. The van der Waals surface area contributed by atoms with E-state index in [1.807, 2.05) is 0 Å². The summed E-state index contributed by atoms with van der Waals surface area (Å²) < 4.78 is 5.96. The first-order valence-electron chi connectivity index (χ1n) is 7.98. The van der Waals surface area contributed by atoms with E-state index in [0.29, 0.717) is 23.5 Å². The molecule has 2 aliphatic carbocycles. The second-order valence-corrected chi connectivity index (χ2v) is 6.21. The van der Waals surface area contributed by atoms with Crippen molar-refractivity contribution in [2.45, 2.75) is 58.1 Å². The van der Waals surface area contributed by atoms with Crippen molar-refractivity contribution in [1.82, 2.24) is 10.6 Å². The zero-order valence-electron chi connectivity index (χ0n) is 12.7. The third-order valence-electron chi connectivity index (χ3n) is 5.17. The van der Waals surface area contributed by atoms with Crippen molar-refractivity contribution in [2.75, 3.05) is 19.7 Å². The van der Waals surface area contributed by atoms with Gasteiger partial charge < -0.3 is 15.4 Å². The lowest BCUT2D eigenvalue weighted by Crippen LogP contribution is -2.72. The van der Waals surface area contributed by atoms with Crippen LogP contribution in [0.5, 0.6) is 0 Å². The monoisotopic (exact) mass is 393 g/mol. The highest BCUT2D eigenvalue weighted by atomic mass is 127. The first kappa shape index (κ1) is 16.3. The predicted molar refractivity (Wildman–Crippen MR) is 92.7 cm³/mol. The van der Waals surface area contributed by atoms with Gasteiger partial charge in [-0.25, -0.2) is 0 Å². The average Bonchev–Trinajstić information content (AvgIpc) is 2.76. The van der Waals surface area contributed by atoms with Crippen LogP contribution in [0.15, 0.2) is 4.99 Å². The summed E-state index contributed by atoms with van der Waals surface area (Å²) in [7, 11) is 0. The van der Waals surface area contributed by atoms with E-state index in [2.05, 4.69) is 29.5 Å². The van der Waals surface area contributed by atoms with Crippen molar-refractivity contribution in [3.8, 4) is 0 Å². The first-order valence-corrected chi connectivity index (χ1v) is 7.98. The molecular formula is C15H28IN3O. The molecule has 3 atom stereocenters. The molecule has 3 fully saturated rings. The molecule has 0 amide bonds. The number of guanidine groups is 1. The molecule has 3 aliphatic rings. The number of hydrogen-bond donors (Lipinski definition) is 2. The number of halogens is 1. The lowest BCUT2D eigenvalue weighted by Gasteiger charge is -2.63. The highest BCUT2D eigenvalue weighted by Gasteiger charge is 2.66. The van der Waals surface area contributed by atoms with E-state index in [0.717, 1.165) is 32.1 Å². The van der Waals surface area contributed by atoms with Crippen molar-refractivity contribution >= 4 is 29.9 Å². The van der Waals surface area contributed by atoms with Gasteiger partial charge in [0.2, 0.25) is 0 Å². The number of nitrogens with one attached hydrogen (secondary N) is 2. The number of ether oxygens (including phenoxy) is 1. The summed E-state index contributed by atoms with van der Waals surface area (Å²) in [5, 5.41) is 7.09. The summed E-state index contributed by atoms with van der Waals surface area (Å²) in [5.74, 6) is 1.72. The van der Waals surface area contributed by atoms with Crippen LogP contribution in [0, 0.1) is 11.3 Å². The Labute approximate surface area is 139 Å². The number of rotatable bonds is 4. The lowest BCUT2D eigenvalue weighted by atomic mass is 9.46. The smallest absolute Gasteiger partial charge is 0.191 e. The van der Waals surface area contributed by atoms with Crippen LogP contribution in [-0.2, 0) is 4.74 Å². The molecule has 1 aliphatic heterocycles. The van der Waals surface area contributed by atoms with E-state index in [1.165, 1.54) is 25.7 Å². The number of nitrogens with zero attached hydrogens (tertiary/aromatic N) is 1. The van der Waals surface area contributed by atoms with E-state index < -0.39 is 0 Å². The Morgan fingerprint density at radius 2 is 2.15 bits per heavy atom. The lowest BCUT2D eigenvalue weighted by molar-refractivity contribution is -0.171. The van der Waals surface area contributed by atoms with Crippen LogP contribution in [0.2, 0.25) is 0 Å². The van der Waals surface area contributed by atoms with Gasteiger partial charge in [-0.05, 0) is 32.6 Å². The number of aliphatic imine (C=N–C) groups is 1. The summed E-state index contributed by atoms with van der Waals surface area (Å²) in [5.41, 5.74) is 0.434. The minimum atomic E-state index is 0. The molecule has 2 N–H and O–H groups in total. The largest absolute Gasteiger partial charge is 0.377 e. The molecule has 3 rings (SSSR count). The van der Waals surface area contributed by atoms with Crippen LogP contribution in [0.3, 0.4) is 0 Å². The molecule has 0 radical (unpaired) electrons. The van der Waals surface area contributed by atoms with Gasteiger partial charge in [0, 0.05) is 37.1 Å². The van der Waals surface area contributed by atoms with Crippen LogP contribution in [0.1, 0.15) is 46.0 Å². The predicted octanol–water partition coefficient (Wildman–Crippen LogP) is 2.53. The quantitative estimate of drug-likeness (QED) is 0.439. The highest BCUT2D eigenvalue weighted by molar-refractivity contribution is 14.0. The molecular weight excluding hydrogens is 365 g/mol. The van der Waals surface area contributed by atoms with Crippen molar-refractivity contribution in [1.29, 1.82) is 0 Å². The Balaban J connectivity index is 0.00000147. The molecule has 1 heterocycles. The maximum Gasteiger partial charge on any atom is 0.191 e. The van der Waals surface area contributed by atoms with Gasteiger partial charge in [-0.15, -0.1) is 24.0 Å². The molecule has 116 valence electrons. The second kappa shape index (κ2) is 6.81. The van der Waals surface area contributed by atoms with Crippen LogP contribution >= 0.6 is 24.0 Å². The maximum atomic E-state index is 5.96. The molecule has 1 saturated heterocycles. The Morgan fingerprint density at radius 3 is 2.75 bits per heavy atom. The van der Waals surface area contributed by atoms with Gasteiger partial charge in [0.15, 0.2) is 5.96 Å². The third kappa shape index (κ3) is 2.56. The highest BCUT2D eigenvalue weighted by Crippen LogP contribution is 2.62. The van der Waals surface area contributed by atoms with Gasteiger partial charge >= 0.3 is 0 Å². The number of hydrogen-bond acceptors (Lipinski definition) is 2. The zero-order chi connectivity index (χ0) is 13.3. The molecule has 4 nitrogen and oxygen atoms in total. The summed E-state index contributed by atoms with van der Waals surface area (Å²) in [6.45, 7) is 7.09. The van der Waals surface area contributed by atoms with Crippen LogP contribution < -0.4 is 10.6 Å². The van der Waals surface area contributed by atoms with Crippen molar-refractivity contribution < 1.29 is 4.74 Å². The molecule has 20 heavy (non-hydrogen) atoms. The molecule has 1 spiro atoms. The van der Waals surface area contributed by atoms with Crippen LogP contribution in [0.25, 0.3) is 0 Å². The minimum absolute atomic E-state index is 0. The molecule has 0 bridgehead atoms. The fourth-order valence-electron chi connectivity index (χ4n) is 4.15. The van der Waals surface area contributed by atoms with Gasteiger partial charge in [0.25, 0.3) is 0 Å². The van der Waals surface area contributed by atoms with Gasteiger partial charge in [0.05, 0.1) is 6.10 Å². The first-order chi connectivity index (χ1) is 9.31. The normalized spacial score (nSPS) is 33.7. The molecule has 2 saturated carbocycles. The Hall–Kier alpha value is -0.0400. The second-order valence-electron chi connectivity index (χ2n) is 6.21. The van der Waals surface area contributed by atoms with E-state index >= 15 is 0 Å². The topological polar surface area (TPSA) is 45.7 Å². The van der Waals surface area contributed by atoms with Gasteiger partial charge in [-0.1, -0.05) is 13.3 Å². The standard InChI is InChI=1S/C15H27N3O.HI/c1-3-9-17-14(16-4-2)18-12-11-6-10-19-13(11)15(12)7-5-8-15;/h11-13H,3-10H2,1-2H3,(H2,16,17,18);1H. The summed E-state index contributed by atoms with van der Waals surface area (Å²) in [4.78, 5) is 4.65. The third-order valence-corrected chi connectivity index (χ3v) is 5.17. The summed E-state index contributed by atoms with van der Waals surface area (Å²) in [6, 6.07) is 0.586. The van der Waals surface area contributed by atoms with E-state index in [-0.39, 0.29) is 24.0 Å².